The number of nitrogens with two attached hydrogens (primary N) is 1. The lowest BCUT2D eigenvalue weighted by Crippen LogP contribution is -1.98. The van der Waals surface area contributed by atoms with Gasteiger partial charge in [-0.15, -0.1) is 0 Å². The van der Waals surface area contributed by atoms with E-state index in [2.05, 4.69) is 10.1 Å². The molecule has 5 nitrogen and oxygen atoms in total. The molecule has 20 heavy (non-hydrogen) atoms. The van der Waals surface area contributed by atoms with Gasteiger partial charge in [-0.05, 0) is 38.4 Å². The van der Waals surface area contributed by atoms with Gasteiger partial charge >= 0.3 is 0 Å². The minimum Gasteiger partial charge on any atom is -0.493 e. The highest BCUT2D eigenvalue weighted by Gasteiger charge is 2.12. The molecule has 1 heterocycles. The van der Waals surface area contributed by atoms with Crippen molar-refractivity contribution in [2.24, 2.45) is 5.73 Å². The Kier molecular flexibility index (Phi) is 5.55. The molecule has 0 saturated carbocycles. The summed E-state index contributed by atoms with van der Waals surface area (Å²) in [4.78, 5) is 4.43. The molecule has 0 aliphatic rings. The average molecular weight is 275 g/mol. The SMILES string of the molecule is CCOc1ccccc1-c1noc(CCCCCN)n1. The molecule has 0 spiro atoms. The van der Waals surface area contributed by atoms with Crippen molar-refractivity contribution in [1.29, 1.82) is 0 Å². The Balaban J connectivity index is 2.04. The summed E-state index contributed by atoms with van der Waals surface area (Å²) in [7, 11) is 0. The van der Waals surface area contributed by atoms with Crippen LogP contribution in [-0.4, -0.2) is 23.3 Å². The maximum absolute atomic E-state index is 5.58. The lowest BCUT2D eigenvalue weighted by Gasteiger charge is -2.05. The van der Waals surface area contributed by atoms with E-state index in [-0.39, 0.29) is 0 Å². The summed E-state index contributed by atoms with van der Waals surface area (Å²) in [6, 6.07) is 7.72. The highest BCUT2D eigenvalue weighted by atomic mass is 16.5. The molecule has 0 atom stereocenters. The third-order valence-electron chi connectivity index (χ3n) is 2.99. The van der Waals surface area contributed by atoms with Crippen molar-refractivity contribution in [3.63, 3.8) is 0 Å². The van der Waals surface area contributed by atoms with Gasteiger partial charge in [0.2, 0.25) is 11.7 Å². The molecule has 0 fully saturated rings. The molecule has 108 valence electrons. The largest absolute Gasteiger partial charge is 0.493 e. The van der Waals surface area contributed by atoms with Crippen LogP contribution in [0, 0.1) is 0 Å². The predicted molar refractivity (Wildman–Crippen MR) is 77.5 cm³/mol. The first-order valence-corrected chi connectivity index (χ1v) is 7.10. The van der Waals surface area contributed by atoms with Crippen LogP contribution in [-0.2, 0) is 6.42 Å². The third-order valence-corrected chi connectivity index (χ3v) is 2.99. The molecule has 0 radical (unpaired) electrons. The van der Waals surface area contributed by atoms with Crippen LogP contribution >= 0.6 is 0 Å². The normalized spacial score (nSPS) is 10.7. The van der Waals surface area contributed by atoms with Gasteiger partial charge in [-0.2, -0.15) is 4.98 Å². The molecule has 1 aromatic carbocycles. The zero-order valence-corrected chi connectivity index (χ0v) is 11.8. The van der Waals surface area contributed by atoms with Gasteiger partial charge in [-0.1, -0.05) is 23.7 Å². The van der Waals surface area contributed by atoms with E-state index in [1.54, 1.807) is 0 Å². The second-order valence-electron chi connectivity index (χ2n) is 4.54. The maximum Gasteiger partial charge on any atom is 0.226 e. The summed E-state index contributed by atoms with van der Waals surface area (Å²) < 4.78 is 10.9. The summed E-state index contributed by atoms with van der Waals surface area (Å²) in [5.74, 6) is 2.04. The second-order valence-corrected chi connectivity index (χ2v) is 4.54. The maximum atomic E-state index is 5.58. The van der Waals surface area contributed by atoms with Crippen LogP contribution in [0.2, 0.25) is 0 Å². The molecule has 2 aromatic rings. The standard InChI is InChI=1S/C15H21N3O2/c1-2-19-13-9-6-5-8-12(13)15-17-14(20-18-15)10-4-3-7-11-16/h5-6,8-9H,2-4,7,10-11,16H2,1H3. The van der Waals surface area contributed by atoms with Crippen molar-refractivity contribution in [3.8, 4) is 17.1 Å². The number of para-hydroxylation sites is 1. The Morgan fingerprint density at radius 2 is 2.05 bits per heavy atom. The van der Waals surface area contributed by atoms with Crippen LogP contribution in [0.15, 0.2) is 28.8 Å². The van der Waals surface area contributed by atoms with Gasteiger partial charge in [-0.25, -0.2) is 0 Å². The molecule has 1 aromatic heterocycles. The molecule has 0 unspecified atom stereocenters. The van der Waals surface area contributed by atoms with Gasteiger partial charge in [0.1, 0.15) is 5.75 Å². The van der Waals surface area contributed by atoms with Crippen LogP contribution in [0.25, 0.3) is 11.4 Å². The molecule has 0 aliphatic heterocycles. The van der Waals surface area contributed by atoms with Crippen LogP contribution in [0.5, 0.6) is 5.75 Å². The first-order valence-electron chi connectivity index (χ1n) is 7.10. The Morgan fingerprint density at radius 3 is 2.85 bits per heavy atom. The van der Waals surface area contributed by atoms with Gasteiger partial charge < -0.3 is 15.0 Å². The van der Waals surface area contributed by atoms with Gasteiger partial charge in [0.15, 0.2) is 0 Å². The summed E-state index contributed by atoms with van der Waals surface area (Å²) in [5.41, 5.74) is 6.33. The molecular formula is C15H21N3O2. The quantitative estimate of drug-likeness (QED) is 0.750. The van der Waals surface area contributed by atoms with Crippen molar-refractivity contribution in [1.82, 2.24) is 10.1 Å². The number of hydrogen-bond donors (Lipinski definition) is 1. The number of hydrogen-bond acceptors (Lipinski definition) is 5. The summed E-state index contributed by atoms with van der Waals surface area (Å²) in [5, 5.41) is 4.04. The minimum atomic E-state index is 0.586. The molecule has 2 rings (SSSR count). The lowest BCUT2D eigenvalue weighted by atomic mass is 10.2. The molecule has 5 heteroatoms. The predicted octanol–water partition coefficient (Wildman–Crippen LogP) is 2.81. The van der Waals surface area contributed by atoms with Gasteiger partial charge in [-0.3, -0.25) is 0 Å². The van der Waals surface area contributed by atoms with Gasteiger partial charge in [0, 0.05) is 6.42 Å². The number of ether oxygens (including phenoxy) is 1. The average Bonchev–Trinajstić information content (AvgIpc) is 2.93. The topological polar surface area (TPSA) is 74.2 Å². The van der Waals surface area contributed by atoms with Crippen molar-refractivity contribution in [2.75, 3.05) is 13.2 Å². The summed E-state index contributed by atoms with van der Waals surface area (Å²) in [6.07, 6.45) is 3.94. The first kappa shape index (κ1) is 14.5. The van der Waals surface area contributed by atoms with E-state index < -0.39 is 0 Å². The number of unbranched alkanes of at least 4 members (excludes halogenated alkanes) is 2. The fourth-order valence-corrected chi connectivity index (χ4v) is 2.00. The smallest absolute Gasteiger partial charge is 0.226 e. The first-order chi connectivity index (χ1) is 9.85. The number of aryl methyl sites for hydroxylation is 1. The molecular weight excluding hydrogens is 254 g/mol. The molecule has 0 saturated heterocycles. The highest BCUT2D eigenvalue weighted by molar-refractivity contribution is 5.63. The Hall–Kier alpha value is -1.88. The Bertz CT molecular complexity index is 525. The number of benzene rings is 1. The summed E-state index contributed by atoms with van der Waals surface area (Å²) >= 11 is 0. The Morgan fingerprint density at radius 1 is 1.20 bits per heavy atom. The molecule has 2 N–H and O–H groups in total. The Labute approximate surface area is 119 Å². The molecule has 0 amide bonds. The van der Waals surface area contributed by atoms with Crippen molar-refractivity contribution in [3.05, 3.63) is 30.2 Å². The zero-order chi connectivity index (χ0) is 14.2. The monoisotopic (exact) mass is 275 g/mol. The lowest BCUT2D eigenvalue weighted by molar-refractivity contribution is 0.340. The van der Waals surface area contributed by atoms with Gasteiger partial charge in [0.05, 0.1) is 12.2 Å². The zero-order valence-electron chi connectivity index (χ0n) is 11.8. The molecule has 0 bridgehead atoms. The van der Waals surface area contributed by atoms with E-state index in [1.165, 1.54) is 0 Å². The summed E-state index contributed by atoms with van der Waals surface area (Å²) in [6.45, 7) is 3.30. The van der Waals surface area contributed by atoms with E-state index in [9.17, 15) is 0 Å². The van der Waals surface area contributed by atoms with E-state index in [0.29, 0.717) is 18.3 Å². The van der Waals surface area contributed by atoms with Gasteiger partial charge in [0.25, 0.3) is 0 Å². The molecule has 0 aliphatic carbocycles. The van der Waals surface area contributed by atoms with Crippen molar-refractivity contribution >= 4 is 0 Å². The van der Waals surface area contributed by atoms with Crippen molar-refractivity contribution in [2.45, 2.75) is 32.6 Å². The fraction of sp³-hybridized carbons (Fsp3) is 0.467. The van der Waals surface area contributed by atoms with E-state index in [0.717, 1.165) is 43.5 Å². The van der Waals surface area contributed by atoms with Crippen LogP contribution in [0.4, 0.5) is 0 Å². The number of aromatic nitrogens is 2. The fourth-order valence-electron chi connectivity index (χ4n) is 2.00. The highest BCUT2D eigenvalue weighted by Crippen LogP contribution is 2.27. The van der Waals surface area contributed by atoms with E-state index in [1.807, 2.05) is 31.2 Å². The van der Waals surface area contributed by atoms with E-state index in [4.69, 9.17) is 15.0 Å². The minimum absolute atomic E-state index is 0.586. The van der Waals surface area contributed by atoms with Crippen molar-refractivity contribution < 1.29 is 9.26 Å². The third kappa shape index (κ3) is 3.81. The number of nitrogens with zero attached hydrogens (tertiary/aromatic N) is 2. The van der Waals surface area contributed by atoms with Crippen LogP contribution in [0.3, 0.4) is 0 Å². The number of rotatable bonds is 8. The van der Waals surface area contributed by atoms with Crippen LogP contribution in [0.1, 0.15) is 32.1 Å². The van der Waals surface area contributed by atoms with Crippen LogP contribution < -0.4 is 10.5 Å². The van der Waals surface area contributed by atoms with E-state index >= 15 is 0 Å². The second kappa shape index (κ2) is 7.65.